The van der Waals surface area contributed by atoms with E-state index in [9.17, 15) is 9.90 Å². The molecule has 25 heavy (non-hydrogen) atoms. The molecule has 9 heteroatoms. The summed E-state index contributed by atoms with van der Waals surface area (Å²) >= 11 is 0. The normalized spacial score (nSPS) is 23.2. The van der Waals surface area contributed by atoms with Crippen LogP contribution in [0.5, 0.6) is 0 Å². The number of carbonyl (C=O) groups excluding carboxylic acids is 1. The van der Waals surface area contributed by atoms with Gasteiger partial charge in [-0.2, -0.15) is 0 Å². The van der Waals surface area contributed by atoms with E-state index in [4.69, 9.17) is 15.2 Å². The molecule has 1 aromatic carbocycles. The minimum Gasteiger partial charge on any atom is -0.394 e. The van der Waals surface area contributed by atoms with Gasteiger partial charge in [-0.1, -0.05) is 30.3 Å². The molecule has 3 atom stereocenters. The molecule has 3 rings (SSSR count). The van der Waals surface area contributed by atoms with Crippen molar-refractivity contribution in [3.63, 3.8) is 0 Å². The van der Waals surface area contributed by atoms with Crippen molar-refractivity contribution in [3.8, 4) is 0 Å². The summed E-state index contributed by atoms with van der Waals surface area (Å²) < 4.78 is 11.2. The quantitative estimate of drug-likeness (QED) is 0.556. The summed E-state index contributed by atoms with van der Waals surface area (Å²) in [6.07, 6.45) is 0.504. The van der Waals surface area contributed by atoms with Crippen LogP contribution in [-0.4, -0.2) is 66.5 Å². The van der Waals surface area contributed by atoms with E-state index in [0.29, 0.717) is 6.61 Å². The number of aliphatic hydroxyl groups is 1. The van der Waals surface area contributed by atoms with E-state index >= 15 is 0 Å². The Hall–Kier alpha value is -2.49. The molecular weight excluding hydrogens is 326 g/mol. The van der Waals surface area contributed by atoms with Crippen molar-refractivity contribution >= 4 is 18.2 Å². The highest BCUT2D eigenvalue weighted by Crippen LogP contribution is 2.18. The predicted octanol–water partition coefficient (Wildman–Crippen LogP) is -0.979. The Morgan fingerprint density at radius 2 is 2.16 bits per heavy atom. The van der Waals surface area contributed by atoms with Gasteiger partial charge in [0, 0.05) is 0 Å². The van der Waals surface area contributed by atoms with Gasteiger partial charge < -0.3 is 25.2 Å². The van der Waals surface area contributed by atoms with Crippen LogP contribution in [0.4, 0.5) is 0 Å². The molecule has 9 nitrogen and oxygen atoms in total. The number of guanidine groups is 1. The molecule has 0 aromatic heterocycles. The zero-order valence-electron chi connectivity index (χ0n) is 13.6. The topological polar surface area (TPSA) is 122 Å². The van der Waals surface area contributed by atoms with Crippen molar-refractivity contribution < 1.29 is 19.4 Å². The molecule has 1 aromatic rings. The summed E-state index contributed by atoms with van der Waals surface area (Å²) in [6.45, 7) is 0.627. The molecule has 4 N–H and O–H groups in total. The molecule has 2 aliphatic rings. The Balaban J connectivity index is 1.46. The molecule has 0 saturated carbocycles. The molecule has 0 radical (unpaired) electrons. The van der Waals surface area contributed by atoms with Crippen LogP contribution in [0.15, 0.2) is 40.3 Å². The summed E-state index contributed by atoms with van der Waals surface area (Å²) in [6, 6.07) is 9.12. The number of rotatable bonds is 8. The lowest BCUT2D eigenvalue weighted by molar-refractivity contribution is -0.122. The zero-order chi connectivity index (χ0) is 17.6. The van der Waals surface area contributed by atoms with Crippen molar-refractivity contribution in [1.29, 1.82) is 0 Å². The lowest BCUT2D eigenvalue weighted by atomic mass is 10.2. The summed E-state index contributed by atoms with van der Waals surface area (Å²) in [5.74, 6) is -0.229. The average Bonchev–Trinajstić information content (AvgIpc) is 3.02. The van der Waals surface area contributed by atoms with Crippen molar-refractivity contribution in [2.45, 2.75) is 24.9 Å². The van der Waals surface area contributed by atoms with Gasteiger partial charge >= 0.3 is 0 Å². The predicted molar refractivity (Wildman–Crippen MR) is 90.6 cm³/mol. The van der Waals surface area contributed by atoms with E-state index in [1.807, 2.05) is 30.3 Å². The molecule has 3 unspecified atom stereocenters. The molecule has 0 fully saturated rings. The first kappa shape index (κ1) is 17.3. The number of hydrogen-bond donors (Lipinski definition) is 3. The molecule has 0 spiro atoms. The fourth-order valence-corrected chi connectivity index (χ4v) is 2.54. The molecule has 0 aliphatic carbocycles. The Morgan fingerprint density at radius 1 is 1.36 bits per heavy atom. The van der Waals surface area contributed by atoms with Gasteiger partial charge in [0.2, 0.25) is 0 Å². The Labute approximate surface area is 145 Å². The number of aliphatic hydroxyl groups excluding tert-OH is 1. The highest BCUT2D eigenvalue weighted by Gasteiger charge is 2.39. The number of amides is 1. The molecule has 1 amide bonds. The maximum Gasteiger partial charge on any atom is 0.255 e. The monoisotopic (exact) mass is 347 g/mol. The third-order valence-corrected chi connectivity index (χ3v) is 3.87. The molecule has 2 aliphatic heterocycles. The summed E-state index contributed by atoms with van der Waals surface area (Å²) in [7, 11) is 0. The van der Waals surface area contributed by atoms with Crippen molar-refractivity contribution in [1.82, 2.24) is 10.2 Å². The van der Waals surface area contributed by atoms with Gasteiger partial charge in [-0.25, -0.2) is 4.99 Å². The Morgan fingerprint density at radius 3 is 2.92 bits per heavy atom. The highest BCUT2D eigenvalue weighted by atomic mass is 16.5. The van der Waals surface area contributed by atoms with Crippen molar-refractivity contribution in [2.75, 3.05) is 19.9 Å². The molecule has 134 valence electrons. The van der Waals surface area contributed by atoms with Gasteiger partial charge in [0.25, 0.3) is 5.91 Å². The number of nitrogens with two attached hydrogens (primary N) is 1. The van der Waals surface area contributed by atoms with Gasteiger partial charge in [0.15, 0.2) is 18.2 Å². The van der Waals surface area contributed by atoms with Crippen LogP contribution in [0.1, 0.15) is 5.56 Å². The lowest BCUT2D eigenvalue weighted by Gasteiger charge is -2.28. The standard InChI is InChI=1S/C16H21N5O4/c17-16-19-14-13(15(23)20-16)18-9-21(14)10-25-12(6-22)8-24-7-11-4-2-1-3-5-11/h1-5,9,12-14,22H,6-8,10H2,(H3,17,19,20,23). The Bertz CT molecular complexity index is 651. The van der Waals surface area contributed by atoms with Gasteiger partial charge in [0.05, 0.1) is 26.2 Å². The third-order valence-electron chi connectivity index (χ3n) is 3.87. The van der Waals surface area contributed by atoms with Crippen LogP contribution < -0.4 is 11.1 Å². The fourth-order valence-electron chi connectivity index (χ4n) is 2.54. The van der Waals surface area contributed by atoms with Crippen LogP contribution in [-0.2, 0) is 20.9 Å². The second kappa shape index (κ2) is 8.06. The van der Waals surface area contributed by atoms with E-state index in [2.05, 4.69) is 15.3 Å². The van der Waals surface area contributed by atoms with Crippen LogP contribution in [0.2, 0.25) is 0 Å². The number of nitrogens with one attached hydrogen (secondary N) is 1. The zero-order valence-corrected chi connectivity index (χ0v) is 13.6. The van der Waals surface area contributed by atoms with E-state index in [-0.39, 0.29) is 31.8 Å². The summed E-state index contributed by atoms with van der Waals surface area (Å²) in [4.78, 5) is 21.7. The number of hydrogen-bond acceptors (Lipinski definition) is 8. The number of ether oxygens (including phenoxy) is 2. The fraction of sp³-hybridized carbons (Fsp3) is 0.438. The molecule has 0 bridgehead atoms. The van der Waals surface area contributed by atoms with E-state index in [1.54, 1.807) is 4.90 Å². The minimum absolute atomic E-state index is 0.0617. The molecule has 2 heterocycles. The molecule has 0 saturated heterocycles. The van der Waals surface area contributed by atoms with Gasteiger partial charge in [-0.15, -0.1) is 0 Å². The first-order valence-corrected chi connectivity index (χ1v) is 7.94. The maximum atomic E-state index is 11.8. The first-order valence-electron chi connectivity index (χ1n) is 7.94. The summed E-state index contributed by atoms with van der Waals surface area (Å²) in [5.41, 5.74) is 6.63. The van der Waals surface area contributed by atoms with Gasteiger partial charge in [0.1, 0.15) is 12.8 Å². The second-order valence-electron chi connectivity index (χ2n) is 5.74. The van der Waals surface area contributed by atoms with E-state index in [1.165, 1.54) is 6.34 Å². The van der Waals surface area contributed by atoms with Gasteiger partial charge in [-0.3, -0.25) is 15.1 Å². The third kappa shape index (κ3) is 4.32. The summed E-state index contributed by atoms with van der Waals surface area (Å²) in [5, 5.41) is 11.9. The first-order chi connectivity index (χ1) is 12.2. The average molecular weight is 347 g/mol. The number of benzene rings is 1. The van der Waals surface area contributed by atoms with E-state index in [0.717, 1.165) is 5.56 Å². The number of fused-ring (bicyclic) bond motifs is 1. The highest BCUT2D eigenvalue weighted by molar-refractivity contribution is 6.02. The van der Waals surface area contributed by atoms with Gasteiger partial charge in [-0.05, 0) is 5.56 Å². The number of carbonyl (C=O) groups is 1. The van der Waals surface area contributed by atoms with Crippen LogP contribution in [0, 0.1) is 0 Å². The Kier molecular flexibility index (Phi) is 5.59. The smallest absolute Gasteiger partial charge is 0.255 e. The van der Waals surface area contributed by atoms with Crippen LogP contribution in [0.3, 0.4) is 0 Å². The van der Waals surface area contributed by atoms with Crippen molar-refractivity contribution in [2.24, 2.45) is 15.7 Å². The molecular formula is C16H21N5O4. The van der Waals surface area contributed by atoms with E-state index < -0.39 is 18.3 Å². The lowest BCUT2D eigenvalue weighted by Crippen LogP contribution is -2.54. The van der Waals surface area contributed by atoms with Crippen LogP contribution >= 0.6 is 0 Å². The number of aliphatic imine (C=N–C) groups is 2. The number of nitrogens with zero attached hydrogens (tertiary/aromatic N) is 3. The largest absolute Gasteiger partial charge is 0.394 e. The maximum absolute atomic E-state index is 11.8. The minimum atomic E-state index is -0.627. The van der Waals surface area contributed by atoms with Crippen LogP contribution in [0.25, 0.3) is 0 Å². The van der Waals surface area contributed by atoms with Crippen molar-refractivity contribution in [3.05, 3.63) is 35.9 Å². The SMILES string of the molecule is NC1=NC2C(N=CN2COC(CO)COCc2ccccc2)C(=O)N1. The second-order valence-corrected chi connectivity index (χ2v) is 5.74.